The van der Waals surface area contributed by atoms with Crippen molar-refractivity contribution in [1.29, 1.82) is 0 Å². The summed E-state index contributed by atoms with van der Waals surface area (Å²) >= 11 is 0. The number of carbonyl (C=O) groups is 1. The van der Waals surface area contributed by atoms with Gasteiger partial charge < -0.3 is 21.3 Å². The molecular weight excluding hydrogens is 368 g/mol. The van der Waals surface area contributed by atoms with E-state index in [0.717, 1.165) is 29.5 Å². The lowest BCUT2D eigenvalue weighted by Crippen LogP contribution is -2.43. The maximum atomic E-state index is 12.8. The minimum absolute atomic E-state index is 0.155. The highest BCUT2D eigenvalue weighted by Crippen LogP contribution is 2.28. The number of nitrogens with two attached hydrogens (primary N) is 1. The van der Waals surface area contributed by atoms with Crippen LogP contribution in [0.3, 0.4) is 0 Å². The minimum Gasteiger partial charge on any atom is -0.399 e. The number of amides is 2. The number of anilines is 1. The molecule has 2 aromatic carbocycles. The number of carbonyl (C=O) groups excluding carboxylic acids is 1. The van der Waals surface area contributed by atoms with E-state index in [1.165, 1.54) is 5.01 Å². The van der Waals surface area contributed by atoms with Crippen molar-refractivity contribution in [1.82, 2.24) is 10.3 Å². The average Bonchev–Trinajstić information content (AvgIpc) is 3.54. The quantitative estimate of drug-likeness (QED) is 0.595. The van der Waals surface area contributed by atoms with Crippen LogP contribution in [0, 0.1) is 0 Å². The van der Waals surface area contributed by atoms with Crippen LogP contribution in [0.1, 0.15) is 47.6 Å². The van der Waals surface area contributed by atoms with Gasteiger partial charge >= 0.3 is 6.03 Å². The van der Waals surface area contributed by atoms with E-state index in [1.54, 1.807) is 12.1 Å². The van der Waals surface area contributed by atoms with Crippen molar-refractivity contribution in [3.63, 3.8) is 0 Å². The van der Waals surface area contributed by atoms with E-state index < -0.39 is 0 Å². The molecule has 7 heteroatoms. The molecule has 0 aromatic heterocycles. The van der Waals surface area contributed by atoms with E-state index in [-0.39, 0.29) is 31.3 Å². The summed E-state index contributed by atoms with van der Waals surface area (Å²) in [7, 11) is 0. The van der Waals surface area contributed by atoms with E-state index in [1.807, 2.05) is 31.2 Å². The predicted molar refractivity (Wildman–Crippen MR) is 111 cm³/mol. The highest BCUT2D eigenvalue weighted by Gasteiger charge is 2.31. The van der Waals surface area contributed by atoms with Gasteiger partial charge in [0, 0.05) is 22.9 Å². The second-order valence-corrected chi connectivity index (χ2v) is 7.79. The molecule has 0 radical (unpaired) electrons. The van der Waals surface area contributed by atoms with Gasteiger partial charge in [-0.15, -0.1) is 0 Å². The fourth-order valence-electron chi connectivity index (χ4n) is 3.66. The van der Waals surface area contributed by atoms with Crippen LogP contribution in [0.2, 0.25) is 0 Å². The molecule has 0 spiro atoms. The smallest absolute Gasteiger partial charge is 0.338 e. The molecule has 1 saturated carbocycles. The summed E-state index contributed by atoms with van der Waals surface area (Å²) in [5.74, 6) is 0. The molecule has 0 saturated heterocycles. The Kier molecular flexibility index (Phi) is 5.25. The van der Waals surface area contributed by atoms with Crippen LogP contribution in [0.25, 0.3) is 0 Å². The first kappa shape index (κ1) is 19.4. The van der Waals surface area contributed by atoms with Crippen molar-refractivity contribution >= 4 is 17.4 Å². The second kappa shape index (κ2) is 7.85. The maximum Gasteiger partial charge on any atom is 0.338 e. The van der Waals surface area contributed by atoms with Crippen molar-refractivity contribution < 1.29 is 15.0 Å². The molecule has 1 aliphatic heterocycles. The topological polar surface area (TPSA) is 111 Å². The third-order valence-corrected chi connectivity index (χ3v) is 5.46. The first-order valence-corrected chi connectivity index (χ1v) is 9.91. The van der Waals surface area contributed by atoms with Crippen molar-refractivity contribution in [2.75, 3.05) is 5.73 Å². The zero-order chi connectivity index (χ0) is 20.5. The van der Waals surface area contributed by atoms with Gasteiger partial charge in [0.05, 0.1) is 25.0 Å². The van der Waals surface area contributed by atoms with Crippen molar-refractivity contribution in [3.8, 4) is 0 Å². The largest absolute Gasteiger partial charge is 0.399 e. The molecule has 2 aromatic rings. The number of hydrogen-bond donors (Lipinski definition) is 4. The normalized spacial score (nSPS) is 18.7. The van der Waals surface area contributed by atoms with Crippen LogP contribution in [-0.4, -0.2) is 39.0 Å². The van der Waals surface area contributed by atoms with Gasteiger partial charge in [0.2, 0.25) is 0 Å². The number of benzene rings is 2. The lowest BCUT2D eigenvalue weighted by Gasteiger charge is -2.23. The Hall–Kier alpha value is -2.90. The van der Waals surface area contributed by atoms with Crippen LogP contribution in [0.5, 0.6) is 0 Å². The molecule has 2 amide bonds. The number of hydrazone groups is 1. The molecule has 2 aliphatic rings. The standard InChI is InChI=1S/C22H26N4O3/c1-13-8-15-9-16(11-27)17(12-28)10-20(15)21(14-2-4-18(23)5-3-14)25-26(13)22(29)24-19-6-7-19/h2-5,9-10,13,19,27-28H,6-8,11-12,23H2,1H3,(H,24,29). The van der Waals surface area contributed by atoms with Crippen LogP contribution < -0.4 is 11.1 Å². The fourth-order valence-corrected chi connectivity index (χ4v) is 3.66. The molecule has 152 valence electrons. The van der Waals surface area contributed by atoms with Crippen molar-refractivity contribution in [2.24, 2.45) is 5.10 Å². The number of aliphatic hydroxyl groups is 2. The number of nitrogens with zero attached hydrogens (tertiary/aromatic N) is 2. The number of aliphatic hydroxyl groups excluding tert-OH is 2. The van der Waals surface area contributed by atoms with Crippen LogP contribution in [-0.2, 0) is 19.6 Å². The monoisotopic (exact) mass is 394 g/mol. The molecule has 1 fully saturated rings. The van der Waals surface area contributed by atoms with Gasteiger partial charge in [-0.3, -0.25) is 0 Å². The highest BCUT2D eigenvalue weighted by atomic mass is 16.3. The summed E-state index contributed by atoms with van der Waals surface area (Å²) in [6, 6.07) is 11.0. The lowest BCUT2D eigenvalue weighted by molar-refractivity contribution is 0.182. The average molecular weight is 394 g/mol. The van der Waals surface area contributed by atoms with Gasteiger partial charge in [-0.2, -0.15) is 5.10 Å². The highest BCUT2D eigenvalue weighted by molar-refractivity contribution is 6.14. The van der Waals surface area contributed by atoms with Crippen molar-refractivity contribution in [3.05, 3.63) is 64.2 Å². The second-order valence-electron chi connectivity index (χ2n) is 7.79. The maximum absolute atomic E-state index is 12.8. The van der Waals surface area contributed by atoms with Gasteiger partial charge in [-0.25, -0.2) is 9.80 Å². The zero-order valence-electron chi connectivity index (χ0n) is 16.4. The molecule has 7 nitrogen and oxygen atoms in total. The molecular formula is C22H26N4O3. The Labute approximate surface area is 169 Å². The number of urea groups is 1. The fraction of sp³-hybridized carbons (Fsp3) is 0.364. The molecule has 0 bridgehead atoms. The van der Waals surface area contributed by atoms with E-state index in [2.05, 4.69) is 5.32 Å². The first-order valence-electron chi connectivity index (χ1n) is 9.91. The number of fused-ring (bicyclic) bond motifs is 1. The summed E-state index contributed by atoms with van der Waals surface area (Å²) < 4.78 is 0. The number of rotatable bonds is 4. The van der Waals surface area contributed by atoms with Gasteiger partial charge in [0.15, 0.2) is 0 Å². The molecule has 1 aliphatic carbocycles. The van der Waals surface area contributed by atoms with E-state index in [0.29, 0.717) is 28.9 Å². The summed E-state index contributed by atoms with van der Waals surface area (Å²) in [5, 5.41) is 28.8. The lowest BCUT2D eigenvalue weighted by atomic mass is 9.90. The third-order valence-electron chi connectivity index (χ3n) is 5.46. The molecule has 1 heterocycles. The van der Waals surface area contributed by atoms with Crippen LogP contribution >= 0.6 is 0 Å². The van der Waals surface area contributed by atoms with Crippen LogP contribution in [0.15, 0.2) is 41.5 Å². The summed E-state index contributed by atoms with van der Waals surface area (Å²) in [6.45, 7) is 1.63. The first-order chi connectivity index (χ1) is 14.0. The van der Waals surface area contributed by atoms with Gasteiger partial charge in [-0.1, -0.05) is 18.2 Å². The predicted octanol–water partition coefficient (Wildman–Crippen LogP) is 2.12. The number of nitrogen functional groups attached to an aromatic ring is 1. The van der Waals surface area contributed by atoms with Crippen LogP contribution in [0.4, 0.5) is 10.5 Å². The Morgan fingerprint density at radius 3 is 2.45 bits per heavy atom. The van der Waals surface area contributed by atoms with Gasteiger partial charge in [0.1, 0.15) is 0 Å². The minimum atomic E-state index is -0.203. The third kappa shape index (κ3) is 3.97. The zero-order valence-corrected chi connectivity index (χ0v) is 16.4. The summed E-state index contributed by atoms with van der Waals surface area (Å²) in [4.78, 5) is 12.8. The number of hydrogen-bond acceptors (Lipinski definition) is 5. The Morgan fingerprint density at radius 2 is 1.83 bits per heavy atom. The van der Waals surface area contributed by atoms with Gasteiger partial charge in [0.25, 0.3) is 0 Å². The van der Waals surface area contributed by atoms with E-state index >= 15 is 0 Å². The van der Waals surface area contributed by atoms with E-state index in [4.69, 9.17) is 10.8 Å². The Bertz CT molecular complexity index is 951. The number of nitrogens with one attached hydrogen (secondary N) is 1. The molecule has 29 heavy (non-hydrogen) atoms. The Balaban J connectivity index is 1.85. The summed E-state index contributed by atoms with van der Waals surface area (Å²) in [5.41, 5.74) is 11.1. The molecule has 5 N–H and O–H groups in total. The SMILES string of the molecule is CC1Cc2cc(CO)c(CO)cc2C(c2ccc(N)cc2)=NN1C(=O)NC1CC1. The summed E-state index contributed by atoms with van der Waals surface area (Å²) in [6.07, 6.45) is 2.60. The Morgan fingerprint density at radius 1 is 1.17 bits per heavy atom. The molecule has 1 unspecified atom stereocenters. The van der Waals surface area contributed by atoms with Crippen molar-refractivity contribution in [2.45, 2.75) is 51.5 Å². The van der Waals surface area contributed by atoms with Gasteiger partial charge in [-0.05, 0) is 61.1 Å². The molecule has 1 atom stereocenters. The molecule has 4 rings (SSSR count). The van der Waals surface area contributed by atoms with E-state index in [9.17, 15) is 15.0 Å².